The summed E-state index contributed by atoms with van der Waals surface area (Å²) in [6.07, 6.45) is 1.56. The SMILES string of the molecule is CCOC(=O)c1cn2nc(-c3ccc(Cl)cc3)ccc2n1. The van der Waals surface area contributed by atoms with Crippen molar-refractivity contribution in [1.82, 2.24) is 14.6 Å². The van der Waals surface area contributed by atoms with Crippen LogP contribution in [0.5, 0.6) is 0 Å². The van der Waals surface area contributed by atoms with E-state index in [0.29, 0.717) is 17.3 Å². The first kappa shape index (κ1) is 13.6. The van der Waals surface area contributed by atoms with Gasteiger partial charge in [0.25, 0.3) is 0 Å². The lowest BCUT2D eigenvalue weighted by molar-refractivity contribution is 0.0520. The van der Waals surface area contributed by atoms with Crippen LogP contribution in [0.4, 0.5) is 0 Å². The molecule has 0 saturated carbocycles. The van der Waals surface area contributed by atoms with Crippen LogP contribution < -0.4 is 0 Å². The zero-order chi connectivity index (χ0) is 14.8. The molecule has 6 heteroatoms. The molecule has 0 spiro atoms. The highest BCUT2D eigenvalue weighted by atomic mass is 35.5. The highest BCUT2D eigenvalue weighted by Crippen LogP contribution is 2.20. The van der Waals surface area contributed by atoms with Crippen molar-refractivity contribution in [2.24, 2.45) is 0 Å². The number of carbonyl (C=O) groups is 1. The van der Waals surface area contributed by atoms with E-state index in [-0.39, 0.29) is 5.69 Å². The lowest BCUT2D eigenvalue weighted by atomic mass is 10.1. The fraction of sp³-hybridized carbons (Fsp3) is 0.133. The number of nitrogens with zero attached hydrogens (tertiary/aromatic N) is 3. The number of hydrogen-bond donors (Lipinski definition) is 0. The van der Waals surface area contributed by atoms with Gasteiger partial charge in [-0.05, 0) is 31.2 Å². The summed E-state index contributed by atoms with van der Waals surface area (Å²) < 4.78 is 6.49. The molecule has 0 radical (unpaired) electrons. The minimum Gasteiger partial charge on any atom is -0.461 e. The standard InChI is InChI=1S/C15H12ClN3O2/c1-2-21-15(20)13-9-19-14(17-13)8-7-12(18-19)10-3-5-11(16)6-4-10/h3-9H,2H2,1H3. The minimum atomic E-state index is -0.448. The third-order valence-electron chi connectivity index (χ3n) is 2.94. The van der Waals surface area contributed by atoms with Crippen molar-refractivity contribution in [2.45, 2.75) is 6.92 Å². The van der Waals surface area contributed by atoms with Crippen LogP contribution in [-0.2, 0) is 4.74 Å². The first-order valence-corrected chi connectivity index (χ1v) is 6.84. The molecule has 106 valence electrons. The molecule has 0 amide bonds. The van der Waals surface area contributed by atoms with Gasteiger partial charge >= 0.3 is 5.97 Å². The quantitative estimate of drug-likeness (QED) is 0.697. The second kappa shape index (κ2) is 5.54. The average Bonchev–Trinajstić information content (AvgIpc) is 2.91. The third-order valence-corrected chi connectivity index (χ3v) is 3.20. The van der Waals surface area contributed by atoms with Crippen molar-refractivity contribution in [3.05, 3.63) is 53.3 Å². The number of halogens is 1. The molecule has 3 rings (SSSR count). The molecule has 0 fully saturated rings. The summed E-state index contributed by atoms with van der Waals surface area (Å²) in [5.74, 6) is -0.448. The van der Waals surface area contributed by atoms with Gasteiger partial charge in [-0.3, -0.25) is 0 Å². The first-order valence-electron chi connectivity index (χ1n) is 6.47. The van der Waals surface area contributed by atoms with Gasteiger partial charge in [0.15, 0.2) is 11.3 Å². The van der Waals surface area contributed by atoms with Crippen molar-refractivity contribution >= 4 is 23.2 Å². The zero-order valence-electron chi connectivity index (χ0n) is 11.3. The van der Waals surface area contributed by atoms with Crippen molar-refractivity contribution < 1.29 is 9.53 Å². The van der Waals surface area contributed by atoms with Crippen molar-refractivity contribution in [3.8, 4) is 11.3 Å². The van der Waals surface area contributed by atoms with Gasteiger partial charge < -0.3 is 4.74 Å². The highest BCUT2D eigenvalue weighted by molar-refractivity contribution is 6.30. The third kappa shape index (κ3) is 2.73. The summed E-state index contributed by atoms with van der Waals surface area (Å²) in [6, 6.07) is 11.0. The lowest BCUT2D eigenvalue weighted by Gasteiger charge is -2.01. The summed E-state index contributed by atoms with van der Waals surface area (Å²) in [7, 11) is 0. The molecule has 0 saturated heterocycles. The zero-order valence-corrected chi connectivity index (χ0v) is 12.0. The second-order valence-corrected chi connectivity index (χ2v) is 4.81. The Bertz CT molecular complexity index is 796. The van der Waals surface area contributed by atoms with E-state index >= 15 is 0 Å². The van der Waals surface area contributed by atoms with Crippen LogP contribution in [0.2, 0.25) is 5.02 Å². The topological polar surface area (TPSA) is 56.5 Å². The molecule has 21 heavy (non-hydrogen) atoms. The molecule has 1 aromatic carbocycles. The number of esters is 1. The Morgan fingerprint density at radius 2 is 2.00 bits per heavy atom. The Labute approximate surface area is 126 Å². The van der Waals surface area contributed by atoms with E-state index in [1.807, 2.05) is 18.2 Å². The molecule has 2 heterocycles. The average molecular weight is 302 g/mol. The lowest BCUT2D eigenvalue weighted by Crippen LogP contribution is -2.04. The molecule has 0 atom stereocenters. The van der Waals surface area contributed by atoms with E-state index in [1.54, 1.807) is 35.8 Å². The van der Waals surface area contributed by atoms with Crippen LogP contribution >= 0.6 is 11.6 Å². The molecule has 0 unspecified atom stereocenters. The molecule has 0 aliphatic carbocycles. The van der Waals surface area contributed by atoms with Gasteiger partial charge in [-0.25, -0.2) is 14.3 Å². The van der Waals surface area contributed by atoms with Crippen molar-refractivity contribution in [3.63, 3.8) is 0 Å². The fourth-order valence-electron chi connectivity index (χ4n) is 1.96. The second-order valence-electron chi connectivity index (χ2n) is 4.37. The van der Waals surface area contributed by atoms with Gasteiger partial charge in [-0.1, -0.05) is 23.7 Å². The number of hydrogen-bond acceptors (Lipinski definition) is 4. The number of rotatable bonds is 3. The van der Waals surface area contributed by atoms with Crippen LogP contribution in [-0.4, -0.2) is 27.2 Å². The smallest absolute Gasteiger partial charge is 0.358 e. The van der Waals surface area contributed by atoms with Crippen molar-refractivity contribution in [2.75, 3.05) is 6.61 Å². The van der Waals surface area contributed by atoms with Gasteiger partial charge in [0, 0.05) is 10.6 Å². The predicted octanol–water partition coefficient (Wildman–Crippen LogP) is 3.23. The van der Waals surface area contributed by atoms with Crippen LogP contribution in [0.25, 0.3) is 16.9 Å². The highest BCUT2D eigenvalue weighted by Gasteiger charge is 2.12. The molecule has 0 N–H and O–H groups in total. The van der Waals surface area contributed by atoms with Gasteiger partial charge in [0.1, 0.15) is 0 Å². The van der Waals surface area contributed by atoms with Gasteiger partial charge in [-0.15, -0.1) is 0 Å². The molecular weight excluding hydrogens is 290 g/mol. The molecule has 5 nitrogen and oxygen atoms in total. The monoisotopic (exact) mass is 301 g/mol. The Hall–Kier alpha value is -2.40. The van der Waals surface area contributed by atoms with E-state index in [4.69, 9.17) is 16.3 Å². The largest absolute Gasteiger partial charge is 0.461 e. The first-order chi connectivity index (χ1) is 10.2. The Morgan fingerprint density at radius 1 is 1.24 bits per heavy atom. The van der Waals surface area contributed by atoms with Gasteiger partial charge in [-0.2, -0.15) is 5.10 Å². The van der Waals surface area contributed by atoms with Crippen LogP contribution in [0.3, 0.4) is 0 Å². The Morgan fingerprint density at radius 3 is 2.71 bits per heavy atom. The fourth-order valence-corrected chi connectivity index (χ4v) is 2.09. The normalized spacial score (nSPS) is 10.8. The number of carbonyl (C=O) groups excluding carboxylic acids is 1. The summed E-state index contributed by atoms with van der Waals surface area (Å²) in [5.41, 5.74) is 2.55. The van der Waals surface area contributed by atoms with E-state index in [9.17, 15) is 4.79 Å². The number of benzene rings is 1. The number of ether oxygens (including phenoxy) is 1. The molecular formula is C15H12ClN3O2. The molecule has 0 bridgehead atoms. The van der Waals surface area contributed by atoms with Crippen LogP contribution in [0.15, 0.2) is 42.6 Å². The van der Waals surface area contributed by atoms with E-state index in [2.05, 4.69) is 10.1 Å². The maximum absolute atomic E-state index is 11.7. The molecule has 2 aromatic heterocycles. The minimum absolute atomic E-state index is 0.248. The summed E-state index contributed by atoms with van der Waals surface area (Å²) >= 11 is 5.88. The molecule has 0 aliphatic rings. The van der Waals surface area contributed by atoms with E-state index in [1.165, 1.54) is 0 Å². The number of aromatic nitrogens is 3. The molecule has 3 aromatic rings. The van der Waals surface area contributed by atoms with E-state index in [0.717, 1.165) is 11.3 Å². The maximum Gasteiger partial charge on any atom is 0.358 e. The Kier molecular flexibility index (Phi) is 3.58. The number of imidazole rings is 1. The van der Waals surface area contributed by atoms with Gasteiger partial charge in [0.05, 0.1) is 18.5 Å². The predicted molar refractivity (Wildman–Crippen MR) is 79.4 cm³/mol. The maximum atomic E-state index is 11.7. The summed E-state index contributed by atoms with van der Waals surface area (Å²) in [4.78, 5) is 15.9. The Balaban J connectivity index is 2.00. The van der Waals surface area contributed by atoms with Gasteiger partial charge in [0.2, 0.25) is 0 Å². The summed E-state index contributed by atoms with van der Waals surface area (Å²) in [5, 5.41) is 5.11. The van der Waals surface area contributed by atoms with E-state index < -0.39 is 5.97 Å². The van der Waals surface area contributed by atoms with Crippen molar-refractivity contribution in [1.29, 1.82) is 0 Å². The van der Waals surface area contributed by atoms with Crippen LogP contribution in [0.1, 0.15) is 17.4 Å². The molecule has 0 aliphatic heterocycles. The number of fused-ring (bicyclic) bond motifs is 1. The van der Waals surface area contributed by atoms with Crippen LogP contribution in [0, 0.1) is 0 Å². The summed E-state index contributed by atoms with van der Waals surface area (Å²) in [6.45, 7) is 2.07.